The first-order valence-electron chi connectivity index (χ1n) is 10.7. The number of methoxy groups -OCH3 is 2. The molecule has 9 heteroatoms. The Kier molecular flexibility index (Phi) is 6.13. The minimum absolute atomic E-state index is 0.205. The molecule has 1 aliphatic carbocycles. The van der Waals surface area contributed by atoms with E-state index >= 15 is 0 Å². The summed E-state index contributed by atoms with van der Waals surface area (Å²) in [7, 11) is 3.24. The Morgan fingerprint density at radius 3 is 2.32 bits per heavy atom. The molecule has 2 aromatic heterocycles. The van der Waals surface area contributed by atoms with Crippen LogP contribution in [0.1, 0.15) is 45.6 Å². The molecule has 0 radical (unpaired) electrons. The predicted molar refractivity (Wildman–Crippen MR) is 120 cm³/mol. The molecule has 1 aromatic carbocycles. The summed E-state index contributed by atoms with van der Waals surface area (Å²) < 4.78 is 12.8. The Hall–Kier alpha value is -3.07. The van der Waals surface area contributed by atoms with Gasteiger partial charge in [-0.1, -0.05) is 0 Å². The highest BCUT2D eigenvalue weighted by Gasteiger charge is 2.22. The van der Waals surface area contributed by atoms with Crippen LogP contribution in [-0.2, 0) is 0 Å². The van der Waals surface area contributed by atoms with Gasteiger partial charge in [0.05, 0.1) is 26.7 Å². The number of aliphatic hydroxyl groups is 1. The van der Waals surface area contributed by atoms with Crippen molar-refractivity contribution in [3.63, 3.8) is 0 Å². The summed E-state index contributed by atoms with van der Waals surface area (Å²) in [6.45, 7) is 4.19. The monoisotopic (exact) mass is 426 g/mol. The van der Waals surface area contributed by atoms with Gasteiger partial charge in [0.15, 0.2) is 17.0 Å². The zero-order valence-corrected chi connectivity index (χ0v) is 18.4. The van der Waals surface area contributed by atoms with Crippen LogP contribution in [-0.4, -0.2) is 51.0 Å². The van der Waals surface area contributed by atoms with E-state index in [0.717, 1.165) is 37.0 Å². The highest BCUT2D eigenvalue weighted by Crippen LogP contribution is 2.31. The minimum Gasteiger partial charge on any atom is -0.497 e. The number of fused-ring (bicyclic) bond motifs is 1. The summed E-state index contributed by atoms with van der Waals surface area (Å²) in [5.41, 5.74) is 2.24. The molecular formula is C22H30N6O3. The summed E-state index contributed by atoms with van der Waals surface area (Å²) >= 11 is 0. The minimum atomic E-state index is -0.205. The first-order chi connectivity index (χ1) is 15.0. The summed E-state index contributed by atoms with van der Waals surface area (Å²) in [4.78, 5) is 14.1. The third-order valence-corrected chi connectivity index (χ3v) is 5.62. The summed E-state index contributed by atoms with van der Waals surface area (Å²) in [5, 5.41) is 16.6. The van der Waals surface area contributed by atoms with Gasteiger partial charge in [0, 0.05) is 36.0 Å². The van der Waals surface area contributed by atoms with E-state index in [-0.39, 0.29) is 18.2 Å². The first kappa shape index (κ1) is 21.2. The predicted octanol–water partition coefficient (Wildman–Crippen LogP) is 3.88. The number of hydrogen-bond donors (Lipinski definition) is 3. The number of imidazole rings is 1. The van der Waals surface area contributed by atoms with Crippen LogP contribution in [0, 0.1) is 0 Å². The van der Waals surface area contributed by atoms with Gasteiger partial charge in [0.2, 0.25) is 5.95 Å². The average molecular weight is 427 g/mol. The highest BCUT2D eigenvalue weighted by molar-refractivity contribution is 5.87. The number of ether oxygens (including phenoxy) is 2. The molecule has 0 bridgehead atoms. The van der Waals surface area contributed by atoms with Crippen LogP contribution in [0.5, 0.6) is 11.5 Å². The molecule has 1 aliphatic rings. The lowest BCUT2D eigenvalue weighted by Crippen LogP contribution is -2.29. The maximum Gasteiger partial charge on any atom is 0.227 e. The zero-order valence-electron chi connectivity index (χ0n) is 18.4. The topological polar surface area (TPSA) is 106 Å². The molecule has 1 fully saturated rings. The average Bonchev–Trinajstić information content (AvgIpc) is 3.19. The van der Waals surface area contributed by atoms with Crippen molar-refractivity contribution in [1.82, 2.24) is 19.5 Å². The second-order valence-corrected chi connectivity index (χ2v) is 8.19. The van der Waals surface area contributed by atoms with E-state index in [1.54, 1.807) is 20.5 Å². The zero-order chi connectivity index (χ0) is 22.0. The van der Waals surface area contributed by atoms with Crippen LogP contribution in [0.25, 0.3) is 11.2 Å². The Morgan fingerprint density at radius 1 is 1.03 bits per heavy atom. The van der Waals surface area contributed by atoms with Crippen molar-refractivity contribution in [1.29, 1.82) is 0 Å². The largest absolute Gasteiger partial charge is 0.497 e. The van der Waals surface area contributed by atoms with Crippen LogP contribution >= 0.6 is 0 Å². The van der Waals surface area contributed by atoms with Gasteiger partial charge in [-0.25, -0.2) is 4.98 Å². The first-order valence-corrected chi connectivity index (χ1v) is 10.7. The number of aromatic nitrogens is 4. The molecule has 3 aromatic rings. The van der Waals surface area contributed by atoms with Gasteiger partial charge >= 0.3 is 0 Å². The number of anilines is 3. The second-order valence-electron chi connectivity index (χ2n) is 8.19. The Bertz CT molecular complexity index is 1020. The Labute approximate surface area is 181 Å². The molecule has 4 rings (SSSR count). The quantitative estimate of drug-likeness (QED) is 0.523. The van der Waals surface area contributed by atoms with E-state index in [9.17, 15) is 5.11 Å². The molecule has 0 unspecified atom stereocenters. The molecule has 3 N–H and O–H groups in total. The van der Waals surface area contributed by atoms with Crippen molar-refractivity contribution in [3.8, 4) is 11.5 Å². The standard InChI is InChI=1S/C22H30N6O3/c1-13(2)28-12-23-19-20(24-15-9-17(30-3)11-18(10-15)31-4)26-22(27-21(19)28)25-14-5-7-16(29)8-6-14/h9-14,16,29H,5-8H2,1-4H3,(H2,24,25,26,27). The number of nitrogens with one attached hydrogen (secondary N) is 2. The summed E-state index contributed by atoms with van der Waals surface area (Å²) in [6.07, 6.45) is 4.95. The van der Waals surface area contributed by atoms with Gasteiger partial charge in [-0.05, 0) is 39.5 Å². The fourth-order valence-corrected chi connectivity index (χ4v) is 3.87. The SMILES string of the molecule is COc1cc(Nc2nc(NC3CCC(O)CC3)nc3c2ncn3C(C)C)cc(OC)c1. The lowest BCUT2D eigenvalue weighted by molar-refractivity contribution is 0.126. The van der Waals surface area contributed by atoms with E-state index in [4.69, 9.17) is 19.4 Å². The molecule has 1 saturated carbocycles. The molecule has 0 spiro atoms. The number of nitrogens with zero attached hydrogens (tertiary/aromatic N) is 4. The number of hydrogen-bond acceptors (Lipinski definition) is 8. The van der Waals surface area contributed by atoms with Crippen LogP contribution in [0.4, 0.5) is 17.5 Å². The molecule has 9 nitrogen and oxygen atoms in total. The summed E-state index contributed by atoms with van der Waals surface area (Å²) in [5.74, 6) is 2.52. The van der Waals surface area contributed by atoms with E-state index in [1.807, 2.05) is 22.8 Å². The van der Waals surface area contributed by atoms with Gasteiger partial charge in [-0.2, -0.15) is 9.97 Å². The third kappa shape index (κ3) is 4.66. The van der Waals surface area contributed by atoms with Gasteiger partial charge < -0.3 is 29.8 Å². The lowest BCUT2D eigenvalue weighted by atomic mass is 9.93. The molecule has 166 valence electrons. The Morgan fingerprint density at radius 2 is 1.71 bits per heavy atom. The lowest BCUT2D eigenvalue weighted by Gasteiger charge is -2.26. The normalized spacial score (nSPS) is 18.9. The maximum absolute atomic E-state index is 9.80. The molecule has 0 amide bonds. The molecule has 2 heterocycles. The van der Waals surface area contributed by atoms with Crippen LogP contribution in [0.15, 0.2) is 24.5 Å². The van der Waals surface area contributed by atoms with Crippen LogP contribution < -0.4 is 20.1 Å². The third-order valence-electron chi connectivity index (χ3n) is 5.62. The smallest absolute Gasteiger partial charge is 0.227 e. The van der Waals surface area contributed by atoms with Gasteiger partial charge in [-0.15, -0.1) is 0 Å². The fraction of sp³-hybridized carbons (Fsp3) is 0.500. The van der Waals surface area contributed by atoms with Gasteiger partial charge in [-0.3, -0.25) is 0 Å². The number of rotatable bonds is 7. The molecule has 0 saturated heterocycles. The van der Waals surface area contributed by atoms with Crippen molar-refractivity contribution in [3.05, 3.63) is 24.5 Å². The highest BCUT2D eigenvalue weighted by atomic mass is 16.5. The molecule has 31 heavy (non-hydrogen) atoms. The van der Waals surface area contributed by atoms with Gasteiger partial charge in [0.1, 0.15) is 11.5 Å². The van der Waals surface area contributed by atoms with Crippen molar-refractivity contribution in [2.75, 3.05) is 24.9 Å². The van der Waals surface area contributed by atoms with Crippen molar-refractivity contribution < 1.29 is 14.6 Å². The van der Waals surface area contributed by atoms with E-state index in [0.29, 0.717) is 28.8 Å². The Balaban J connectivity index is 1.71. The van der Waals surface area contributed by atoms with E-state index in [1.165, 1.54) is 0 Å². The van der Waals surface area contributed by atoms with Crippen molar-refractivity contribution in [2.24, 2.45) is 0 Å². The second kappa shape index (κ2) is 8.97. The maximum atomic E-state index is 9.80. The van der Waals surface area contributed by atoms with Crippen molar-refractivity contribution in [2.45, 2.75) is 57.7 Å². The number of aliphatic hydroxyl groups excluding tert-OH is 1. The summed E-state index contributed by atoms with van der Waals surface area (Å²) in [6, 6.07) is 6.03. The molecule has 0 aliphatic heterocycles. The van der Waals surface area contributed by atoms with Gasteiger partial charge in [0.25, 0.3) is 0 Å². The van der Waals surface area contributed by atoms with Crippen LogP contribution in [0.2, 0.25) is 0 Å². The van der Waals surface area contributed by atoms with Crippen molar-refractivity contribution >= 4 is 28.6 Å². The van der Waals surface area contributed by atoms with E-state index < -0.39 is 0 Å². The number of benzene rings is 1. The van der Waals surface area contributed by atoms with Crippen LogP contribution in [0.3, 0.4) is 0 Å². The molecular weight excluding hydrogens is 396 g/mol. The van der Waals surface area contributed by atoms with E-state index in [2.05, 4.69) is 29.5 Å². The molecule has 0 atom stereocenters. The fourth-order valence-electron chi connectivity index (χ4n) is 3.87.